The van der Waals surface area contributed by atoms with E-state index in [1.807, 2.05) is 0 Å². The van der Waals surface area contributed by atoms with Gasteiger partial charge in [0.1, 0.15) is 6.61 Å². The predicted molar refractivity (Wildman–Crippen MR) is 67.0 cm³/mol. The molecule has 0 fully saturated rings. The molecule has 3 nitrogen and oxygen atoms in total. The van der Waals surface area contributed by atoms with Crippen LogP contribution < -0.4 is 10.5 Å². The average Bonchev–Trinajstić information content (AvgIpc) is 2.34. The van der Waals surface area contributed by atoms with Crippen molar-refractivity contribution in [3.63, 3.8) is 0 Å². The predicted octanol–water partition coefficient (Wildman–Crippen LogP) is 3.33. The first-order valence-electron chi connectivity index (χ1n) is 5.84. The van der Waals surface area contributed by atoms with Crippen molar-refractivity contribution in [1.82, 2.24) is 4.98 Å². The highest BCUT2D eigenvalue weighted by Gasteiger charge is 2.57. The lowest BCUT2D eigenvalue weighted by Gasteiger charge is -2.27. The number of nitrogens with two attached hydrogens (primary N) is 1. The zero-order chi connectivity index (χ0) is 15.6. The number of ether oxygens (including phenoxy) is 1. The van der Waals surface area contributed by atoms with Crippen molar-refractivity contribution in [2.75, 3.05) is 6.61 Å². The summed E-state index contributed by atoms with van der Waals surface area (Å²) in [7, 11) is 0. The van der Waals surface area contributed by atoms with E-state index in [0.29, 0.717) is 5.56 Å². The zero-order valence-corrected chi connectivity index (χ0v) is 11.2. The third-order valence-electron chi connectivity index (χ3n) is 2.83. The van der Waals surface area contributed by atoms with Crippen molar-refractivity contribution < 1.29 is 22.3 Å². The van der Waals surface area contributed by atoms with Gasteiger partial charge in [0.05, 0.1) is 0 Å². The third-order valence-corrected chi connectivity index (χ3v) is 2.83. The molecular formula is C13H16F4N2O. The van der Waals surface area contributed by atoms with E-state index in [1.165, 1.54) is 12.3 Å². The van der Waals surface area contributed by atoms with Crippen LogP contribution in [0.2, 0.25) is 0 Å². The fraction of sp³-hybridized carbons (Fsp3) is 0.462. The number of halogens is 4. The Labute approximate surface area is 114 Å². The number of nitrogens with zero attached hydrogens (tertiary/aromatic N) is 1. The first-order chi connectivity index (χ1) is 9.08. The molecule has 0 aromatic carbocycles. The van der Waals surface area contributed by atoms with E-state index < -0.39 is 24.0 Å². The second kappa shape index (κ2) is 5.78. The first-order valence-corrected chi connectivity index (χ1v) is 5.84. The lowest BCUT2D eigenvalue weighted by Crippen LogP contribution is -2.46. The van der Waals surface area contributed by atoms with Crippen LogP contribution in [-0.2, 0) is 0 Å². The Bertz CT molecular complexity index is 470. The molecule has 0 saturated carbocycles. The zero-order valence-electron chi connectivity index (χ0n) is 11.2. The van der Waals surface area contributed by atoms with Gasteiger partial charge in [-0.1, -0.05) is 12.6 Å². The van der Waals surface area contributed by atoms with Crippen molar-refractivity contribution >= 4 is 0 Å². The molecule has 0 radical (unpaired) electrons. The lowest BCUT2D eigenvalue weighted by atomic mass is 9.99. The van der Waals surface area contributed by atoms with E-state index >= 15 is 0 Å². The van der Waals surface area contributed by atoms with E-state index in [1.54, 1.807) is 13.0 Å². The van der Waals surface area contributed by atoms with Crippen LogP contribution >= 0.6 is 0 Å². The summed E-state index contributed by atoms with van der Waals surface area (Å²) in [5.41, 5.74) is 2.02. The van der Waals surface area contributed by atoms with Gasteiger partial charge in [-0.3, -0.25) is 0 Å². The van der Waals surface area contributed by atoms with Gasteiger partial charge in [0, 0.05) is 18.3 Å². The van der Waals surface area contributed by atoms with Gasteiger partial charge in [-0.2, -0.15) is 13.2 Å². The molecule has 2 N–H and O–H groups in total. The Kier molecular flexibility index (Phi) is 4.75. The van der Waals surface area contributed by atoms with Gasteiger partial charge >= 0.3 is 6.18 Å². The number of rotatable bonds is 5. The highest BCUT2D eigenvalue weighted by Crippen LogP contribution is 2.39. The van der Waals surface area contributed by atoms with Gasteiger partial charge in [-0.15, -0.1) is 0 Å². The highest BCUT2D eigenvalue weighted by molar-refractivity contribution is 5.21. The summed E-state index contributed by atoms with van der Waals surface area (Å²) in [4.78, 5) is 3.78. The molecular weight excluding hydrogens is 276 g/mol. The minimum atomic E-state index is -5.09. The van der Waals surface area contributed by atoms with Gasteiger partial charge < -0.3 is 10.5 Å². The van der Waals surface area contributed by atoms with Crippen LogP contribution in [0.1, 0.15) is 25.5 Å². The van der Waals surface area contributed by atoms with Crippen molar-refractivity contribution in [3.8, 4) is 5.88 Å². The SMILES string of the molecule is C=C(C)C(F)(COc1ccc(C(C)N)cn1)C(F)(F)F. The van der Waals surface area contributed by atoms with Crippen LogP contribution in [0, 0.1) is 0 Å². The molecule has 0 saturated heterocycles. The van der Waals surface area contributed by atoms with Gasteiger partial charge in [-0.05, 0) is 25.0 Å². The molecule has 1 aromatic heterocycles. The molecule has 7 heteroatoms. The number of pyridine rings is 1. The topological polar surface area (TPSA) is 48.1 Å². The summed E-state index contributed by atoms with van der Waals surface area (Å²) in [5, 5.41) is 0. The quantitative estimate of drug-likeness (QED) is 0.669. The van der Waals surface area contributed by atoms with Crippen molar-refractivity contribution in [2.45, 2.75) is 31.7 Å². The van der Waals surface area contributed by atoms with E-state index in [4.69, 9.17) is 10.5 Å². The Morgan fingerprint density at radius 1 is 1.40 bits per heavy atom. The minimum Gasteiger partial charge on any atom is -0.473 e. The fourth-order valence-electron chi connectivity index (χ4n) is 1.37. The number of hydrogen-bond acceptors (Lipinski definition) is 3. The van der Waals surface area contributed by atoms with Crippen molar-refractivity contribution in [1.29, 1.82) is 0 Å². The van der Waals surface area contributed by atoms with Crippen LogP contribution in [-0.4, -0.2) is 23.4 Å². The molecule has 20 heavy (non-hydrogen) atoms. The molecule has 0 amide bonds. The average molecular weight is 292 g/mol. The second-order valence-electron chi connectivity index (χ2n) is 4.59. The smallest absolute Gasteiger partial charge is 0.429 e. The number of alkyl halides is 4. The van der Waals surface area contributed by atoms with Gasteiger partial charge in [-0.25, -0.2) is 9.37 Å². The second-order valence-corrected chi connectivity index (χ2v) is 4.59. The maximum absolute atomic E-state index is 13.9. The highest BCUT2D eigenvalue weighted by atomic mass is 19.4. The molecule has 0 aliphatic heterocycles. The van der Waals surface area contributed by atoms with Crippen LogP contribution in [0.4, 0.5) is 17.6 Å². The molecule has 0 aliphatic carbocycles. The summed E-state index contributed by atoms with van der Waals surface area (Å²) in [6.45, 7) is 4.50. The van der Waals surface area contributed by atoms with Crippen LogP contribution in [0.5, 0.6) is 5.88 Å². The summed E-state index contributed by atoms with van der Waals surface area (Å²) in [5.74, 6) is -0.109. The Morgan fingerprint density at radius 3 is 2.35 bits per heavy atom. The molecule has 112 valence electrons. The first kappa shape index (κ1) is 16.4. The lowest BCUT2D eigenvalue weighted by molar-refractivity contribution is -0.223. The molecule has 0 spiro atoms. The molecule has 1 aromatic rings. The van der Waals surface area contributed by atoms with E-state index in [-0.39, 0.29) is 11.9 Å². The summed E-state index contributed by atoms with van der Waals surface area (Å²) in [6, 6.07) is 2.64. The Balaban J connectivity index is 2.81. The fourth-order valence-corrected chi connectivity index (χ4v) is 1.37. The summed E-state index contributed by atoms with van der Waals surface area (Å²) >= 11 is 0. The summed E-state index contributed by atoms with van der Waals surface area (Å²) in [6.07, 6.45) is -3.72. The standard InChI is InChI=1S/C13H16F4N2O/c1-8(2)12(14,13(15,16)17)7-20-11-5-4-10(6-19-11)9(3)18/h4-6,9H,1,7,18H2,2-3H3. The summed E-state index contributed by atoms with van der Waals surface area (Å²) < 4.78 is 56.7. The molecule has 2 atom stereocenters. The Morgan fingerprint density at radius 2 is 2.00 bits per heavy atom. The van der Waals surface area contributed by atoms with Crippen LogP contribution in [0.25, 0.3) is 0 Å². The molecule has 1 heterocycles. The van der Waals surface area contributed by atoms with Gasteiger partial charge in [0.2, 0.25) is 5.88 Å². The van der Waals surface area contributed by atoms with Gasteiger partial charge in [0.15, 0.2) is 0 Å². The maximum atomic E-state index is 13.9. The monoisotopic (exact) mass is 292 g/mol. The van der Waals surface area contributed by atoms with E-state index in [0.717, 1.165) is 6.92 Å². The minimum absolute atomic E-state index is 0.109. The maximum Gasteiger partial charge on any atom is 0.429 e. The van der Waals surface area contributed by atoms with Crippen molar-refractivity contribution in [3.05, 3.63) is 36.0 Å². The third kappa shape index (κ3) is 3.47. The molecule has 1 rings (SSSR count). The molecule has 0 aliphatic rings. The van der Waals surface area contributed by atoms with E-state index in [2.05, 4.69) is 11.6 Å². The number of hydrogen-bond donors (Lipinski definition) is 1. The molecule has 2 unspecified atom stereocenters. The van der Waals surface area contributed by atoms with E-state index in [9.17, 15) is 17.6 Å². The van der Waals surface area contributed by atoms with Gasteiger partial charge in [0.25, 0.3) is 5.67 Å². The Hall–Kier alpha value is -1.63. The van der Waals surface area contributed by atoms with Crippen LogP contribution in [0.3, 0.4) is 0 Å². The normalized spacial score (nSPS) is 16.4. The number of aromatic nitrogens is 1. The molecule has 0 bridgehead atoms. The van der Waals surface area contributed by atoms with Crippen LogP contribution in [0.15, 0.2) is 30.5 Å². The largest absolute Gasteiger partial charge is 0.473 e. The van der Waals surface area contributed by atoms with Crippen molar-refractivity contribution in [2.24, 2.45) is 5.73 Å².